The van der Waals surface area contributed by atoms with Gasteiger partial charge in [0, 0.05) is 43.1 Å². The molecule has 190 valence electrons. The van der Waals surface area contributed by atoms with Crippen molar-refractivity contribution < 1.29 is 18.4 Å². The van der Waals surface area contributed by atoms with Crippen LogP contribution in [0, 0.1) is 23.0 Å². The number of benzene rings is 2. The molecule has 1 aromatic heterocycles. The number of nitrogens with zero attached hydrogens (tertiary/aromatic N) is 3. The van der Waals surface area contributed by atoms with E-state index in [9.17, 15) is 18.4 Å². The number of amides is 2. The van der Waals surface area contributed by atoms with E-state index in [1.165, 1.54) is 18.3 Å². The van der Waals surface area contributed by atoms with Crippen molar-refractivity contribution in [3.63, 3.8) is 0 Å². The normalized spacial score (nSPS) is 13.6. The summed E-state index contributed by atoms with van der Waals surface area (Å²) in [5.74, 6) is -1.97. The van der Waals surface area contributed by atoms with Gasteiger partial charge in [0.1, 0.15) is 12.2 Å². The van der Waals surface area contributed by atoms with Crippen molar-refractivity contribution in [1.29, 1.82) is 5.26 Å². The van der Waals surface area contributed by atoms with E-state index in [1.54, 1.807) is 11.0 Å². The Morgan fingerprint density at radius 3 is 2.54 bits per heavy atom. The van der Waals surface area contributed by atoms with Crippen LogP contribution in [-0.4, -0.2) is 34.8 Å². The summed E-state index contributed by atoms with van der Waals surface area (Å²) in [4.78, 5) is 29.8. The summed E-state index contributed by atoms with van der Waals surface area (Å²) in [6.07, 6.45) is 2.91. The average Bonchev–Trinajstić information content (AvgIpc) is 2.90. The van der Waals surface area contributed by atoms with Gasteiger partial charge < -0.3 is 21.3 Å². The molecule has 4 N–H and O–H groups in total. The number of hydrogen-bond donors (Lipinski definition) is 3. The third-order valence-electron chi connectivity index (χ3n) is 6.40. The Balaban J connectivity index is 1.42. The smallest absolute Gasteiger partial charge is 0.252 e. The van der Waals surface area contributed by atoms with Crippen LogP contribution < -0.4 is 16.4 Å². The van der Waals surface area contributed by atoms with Crippen LogP contribution in [0.3, 0.4) is 0 Å². The maximum absolute atomic E-state index is 14.0. The number of aromatic nitrogens is 1. The average molecular weight is 505 g/mol. The van der Waals surface area contributed by atoms with E-state index in [2.05, 4.69) is 15.6 Å². The highest BCUT2D eigenvalue weighted by Gasteiger charge is 2.23. The standard InChI is InChI=1S/C27H26F2N6O2/c28-22-3-1-2-19(26(22)29)15-32-23-14-24(33-16-21(23)27(31)37)34-20-6-4-17(5-7-20)18-9-12-35(13-10-18)25(36)8-11-30/h1-7,14,16,18H,8-10,12-13,15H2,(H2,31,37)(H2,32,33,34). The van der Waals surface area contributed by atoms with E-state index in [-0.39, 0.29) is 30.0 Å². The summed E-state index contributed by atoms with van der Waals surface area (Å²) in [5.41, 5.74) is 7.96. The first-order valence-electron chi connectivity index (χ1n) is 11.8. The monoisotopic (exact) mass is 504 g/mol. The number of anilines is 3. The number of nitrogens with one attached hydrogen (secondary N) is 2. The fraction of sp³-hybridized carbons (Fsp3) is 0.259. The zero-order chi connectivity index (χ0) is 26.4. The number of primary amides is 1. The molecule has 8 nitrogen and oxygen atoms in total. The SMILES string of the molecule is N#CCC(=O)N1CCC(c2ccc(Nc3cc(NCc4cccc(F)c4F)c(C(N)=O)cn3)cc2)CC1. The van der Waals surface area contributed by atoms with Crippen molar-refractivity contribution in [3.05, 3.63) is 83.1 Å². The van der Waals surface area contributed by atoms with Gasteiger partial charge in [0.2, 0.25) is 5.91 Å². The number of pyridine rings is 1. The van der Waals surface area contributed by atoms with Gasteiger partial charge in [-0.1, -0.05) is 24.3 Å². The van der Waals surface area contributed by atoms with E-state index < -0.39 is 17.5 Å². The topological polar surface area (TPSA) is 124 Å². The van der Waals surface area contributed by atoms with Gasteiger partial charge >= 0.3 is 0 Å². The predicted octanol–water partition coefficient (Wildman–Crippen LogP) is 4.43. The molecule has 3 aromatic rings. The van der Waals surface area contributed by atoms with E-state index in [0.29, 0.717) is 30.5 Å². The number of carbonyl (C=O) groups is 2. The molecule has 1 aliphatic rings. The van der Waals surface area contributed by atoms with Crippen LogP contribution in [0.25, 0.3) is 0 Å². The molecule has 2 heterocycles. The van der Waals surface area contributed by atoms with Crippen molar-refractivity contribution in [1.82, 2.24) is 9.88 Å². The number of piperidine rings is 1. The van der Waals surface area contributed by atoms with Gasteiger partial charge in [0.25, 0.3) is 5.91 Å². The third kappa shape index (κ3) is 6.19. The number of halogens is 2. The lowest BCUT2D eigenvalue weighted by atomic mass is 9.89. The van der Waals surface area contributed by atoms with Gasteiger partial charge in [-0.3, -0.25) is 9.59 Å². The molecule has 0 unspecified atom stereocenters. The second kappa shape index (κ2) is 11.5. The van der Waals surface area contributed by atoms with Gasteiger partial charge in [0.05, 0.1) is 17.3 Å². The molecule has 2 aromatic carbocycles. The Kier molecular flexibility index (Phi) is 7.93. The molecule has 1 fully saturated rings. The summed E-state index contributed by atoms with van der Waals surface area (Å²) in [6, 6.07) is 15.3. The Hall–Kier alpha value is -4.52. The van der Waals surface area contributed by atoms with Crippen molar-refractivity contribution in [3.8, 4) is 6.07 Å². The first-order valence-corrected chi connectivity index (χ1v) is 11.8. The maximum atomic E-state index is 14.0. The molecule has 1 saturated heterocycles. The van der Waals surface area contributed by atoms with Crippen LogP contribution in [0.15, 0.2) is 54.7 Å². The fourth-order valence-corrected chi connectivity index (χ4v) is 4.37. The van der Waals surface area contributed by atoms with E-state index >= 15 is 0 Å². The predicted molar refractivity (Wildman–Crippen MR) is 135 cm³/mol. The number of rotatable bonds is 8. The van der Waals surface area contributed by atoms with Crippen LogP contribution in [-0.2, 0) is 11.3 Å². The largest absolute Gasteiger partial charge is 0.380 e. The molecule has 0 spiro atoms. The van der Waals surface area contributed by atoms with Gasteiger partial charge in [-0.15, -0.1) is 0 Å². The molecule has 0 bridgehead atoms. The zero-order valence-electron chi connectivity index (χ0n) is 20.0. The molecule has 0 aliphatic carbocycles. The highest BCUT2D eigenvalue weighted by atomic mass is 19.2. The summed E-state index contributed by atoms with van der Waals surface area (Å²) < 4.78 is 27.5. The molecule has 0 saturated carbocycles. The molecule has 37 heavy (non-hydrogen) atoms. The number of hydrogen-bond acceptors (Lipinski definition) is 6. The van der Waals surface area contributed by atoms with Crippen LogP contribution in [0.2, 0.25) is 0 Å². The Morgan fingerprint density at radius 1 is 1.14 bits per heavy atom. The van der Waals surface area contributed by atoms with E-state index in [4.69, 9.17) is 11.0 Å². The minimum atomic E-state index is -0.956. The molecular weight excluding hydrogens is 478 g/mol. The lowest BCUT2D eigenvalue weighted by Crippen LogP contribution is -2.37. The fourth-order valence-electron chi connectivity index (χ4n) is 4.37. The highest BCUT2D eigenvalue weighted by molar-refractivity contribution is 5.98. The Bertz CT molecular complexity index is 1330. The second-order valence-electron chi connectivity index (χ2n) is 8.78. The number of carbonyl (C=O) groups excluding carboxylic acids is 2. The molecular formula is C27H26F2N6O2. The molecule has 2 amide bonds. The zero-order valence-corrected chi connectivity index (χ0v) is 20.0. The molecule has 0 atom stereocenters. The molecule has 0 radical (unpaired) electrons. The number of likely N-dealkylation sites (tertiary alicyclic amines) is 1. The maximum Gasteiger partial charge on any atom is 0.252 e. The van der Waals surface area contributed by atoms with Gasteiger partial charge in [-0.2, -0.15) is 5.26 Å². The summed E-state index contributed by atoms with van der Waals surface area (Å²) in [7, 11) is 0. The minimum Gasteiger partial charge on any atom is -0.380 e. The molecule has 10 heteroatoms. The van der Waals surface area contributed by atoms with E-state index in [1.807, 2.05) is 30.3 Å². The van der Waals surface area contributed by atoms with Gasteiger partial charge in [-0.25, -0.2) is 13.8 Å². The Morgan fingerprint density at radius 2 is 1.86 bits per heavy atom. The van der Waals surface area contributed by atoms with Crippen molar-refractivity contribution in [2.45, 2.75) is 31.7 Å². The van der Waals surface area contributed by atoms with Gasteiger partial charge in [-0.05, 0) is 42.5 Å². The van der Waals surface area contributed by atoms with Crippen LogP contribution in [0.1, 0.15) is 46.7 Å². The van der Waals surface area contributed by atoms with E-state index in [0.717, 1.165) is 30.2 Å². The first kappa shape index (κ1) is 25.6. The minimum absolute atomic E-state index is 0.0526. The number of nitrogens with two attached hydrogens (primary N) is 1. The van der Waals surface area contributed by atoms with Crippen molar-refractivity contribution in [2.75, 3.05) is 23.7 Å². The van der Waals surface area contributed by atoms with Crippen LogP contribution in [0.5, 0.6) is 0 Å². The second-order valence-corrected chi connectivity index (χ2v) is 8.78. The lowest BCUT2D eigenvalue weighted by Gasteiger charge is -2.32. The lowest BCUT2D eigenvalue weighted by molar-refractivity contribution is -0.131. The highest BCUT2D eigenvalue weighted by Crippen LogP contribution is 2.30. The Labute approximate surface area is 213 Å². The quantitative estimate of drug-likeness (QED) is 0.417. The van der Waals surface area contributed by atoms with Crippen LogP contribution >= 0.6 is 0 Å². The number of nitriles is 1. The third-order valence-corrected chi connectivity index (χ3v) is 6.40. The molecule has 1 aliphatic heterocycles. The van der Waals surface area contributed by atoms with Crippen molar-refractivity contribution in [2.24, 2.45) is 5.73 Å². The van der Waals surface area contributed by atoms with Gasteiger partial charge in [0.15, 0.2) is 11.6 Å². The summed E-state index contributed by atoms with van der Waals surface area (Å²) >= 11 is 0. The summed E-state index contributed by atoms with van der Waals surface area (Å²) in [6.45, 7) is 1.22. The van der Waals surface area contributed by atoms with Crippen LogP contribution in [0.4, 0.5) is 26.0 Å². The summed E-state index contributed by atoms with van der Waals surface area (Å²) in [5, 5.41) is 14.8. The molecule has 4 rings (SSSR count). The first-order chi connectivity index (χ1) is 17.9. The van der Waals surface area contributed by atoms with Crippen molar-refractivity contribution >= 4 is 29.0 Å².